The van der Waals surface area contributed by atoms with Crippen LogP contribution in [0.5, 0.6) is 0 Å². The van der Waals surface area contributed by atoms with Crippen LogP contribution in [0, 0.1) is 5.92 Å². The first-order valence-electron chi connectivity index (χ1n) is 5.20. The van der Waals surface area contributed by atoms with Gasteiger partial charge >= 0.3 is 0 Å². The Labute approximate surface area is 101 Å². The largest absolute Gasteiger partial charge is 0.292 e. The second-order valence-electron chi connectivity index (χ2n) is 4.03. The van der Waals surface area contributed by atoms with Gasteiger partial charge in [0.1, 0.15) is 5.69 Å². The van der Waals surface area contributed by atoms with E-state index in [2.05, 4.69) is 25.9 Å². The number of hydrogen-bond acceptors (Lipinski definition) is 3. The third kappa shape index (κ3) is 1.73. The van der Waals surface area contributed by atoms with E-state index < -0.39 is 0 Å². The van der Waals surface area contributed by atoms with Crippen LogP contribution in [0.1, 0.15) is 23.3 Å². The minimum Gasteiger partial charge on any atom is -0.292 e. The third-order valence-corrected chi connectivity index (χ3v) is 3.20. The van der Waals surface area contributed by atoms with Gasteiger partial charge in [-0.05, 0) is 31.0 Å². The molecule has 1 aromatic heterocycles. The molecule has 16 heavy (non-hydrogen) atoms. The molecule has 2 aromatic rings. The molecule has 0 spiro atoms. The molecule has 1 heterocycles. The molecule has 0 bridgehead atoms. The van der Waals surface area contributed by atoms with E-state index in [1.165, 1.54) is 0 Å². The number of ketones is 1. The van der Waals surface area contributed by atoms with E-state index in [1.807, 2.05) is 18.2 Å². The number of halogens is 1. The zero-order valence-electron chi connectivity index (χ0n) is 8.48. The number of hydrogen-bond donors (Lipinski definition) is 0. The van der Waals surface area contributed by atoms with Crippen molar-refractivity contribution >= 4 is 32.7 Å². The van der Waals surface area contributed by atoms with E-state index in [1.54, 1.807) is 6.20 Å². The van der Waals surface area contributed by atoms with Gasteiger partial charge in [0.05, 0.1) is 17.2 Å². The molecule has 0 aliphatic heterocycles. The van der Waals surface area contributed by atoms with Crippen LogP contribution in [-0.2, 0) is 0 Å². The van der Waals surface area contributed by atoms with E-state index in [4.69, 9.17) is 0 Å². The smallest absolute Gasteiger partial charge is 0.185 e. The fourth-order valence-corrected chi connectivity index (χ4v) is 2.01. The lowest BCUT2D eigenvalue weighted by molar-refractivity contribution is 0.0963. The Morgan fingerprint density at radius 3 is 2.88 bits per heavy atom. The highest BCUT2D eigenvalue weighted by Crippen LogP contribution is 2.32. The first-order valence-corrected chi connectivity index (χ1v) is 6.00. The van der Waals surface area contributed by atoms with Crippen molar-refractivity contribution in [2.24, 2.45) is 5.92 Å². The quantitative estimate of drug-likeness (QED) is 0.792. The Morgan fingerprint density at radius 1 is 1.31 bits per heavy atom. The summed E-state index contributed by atoms with van der Waals surface area (Å²) in [6.45, 7) is 0. The van der Waals surface area contributed by atoms with Gasteiger partial charge < -0.3 is 0 Å². The van der Waals surface area contributed by atoms with Gasteiger partial charge in [-0.15, -0.1) is 0 Å². The second-order valence-corrected chi connectivity index (χ2v) is 4.94. The fourth-order valence-electron chi connectivity index (χ4n) is 1.66. The van der Waals surface area contributed by atoms with Crippen LogP contribution >= 0.6 is 15.9 Å². The molecule has 0 unspecified atom stereocenters. The van der Waals surface area contributed by atoms with Gasteiger partial charge in [0.25, 0.3) is 0 Å². The Hall–Kier alpha value is -1.29. The lowest BCUT2D eigenvalue weighted by Gasteiger charge is -2.01. The lowest BCUT2D eigenvalue weighted by atomic mass is 10.2. The first-order chi connectivity index (χ1) is 7.74. The lowest BCUT2D eigenvalue weighted by Crippen LogP contribution is -2.05. The zero-order valence-corrected chi connectivity index (χ0v) is 10.1. The normalized spacial score (nSPS) is 15.3. The highest BCUT2D eigenvalue weighted by molar-refractivity contribution is 9.10. The van der Waals surface area contributed by atoms with Gasteiger partial charge in [0.15, 0.2) is 5.78 Å². The number of benzene rings is 1. The van der Waals surface area contributed by atoms with Gasteiger partial charge in [-0.1, -0.05) is 15.9 Å². The van der Waals surface area contributed by atoms with E-state index in [0.29, 0.717) is 5.69 Å². The number of fused-ring (bicyclic) bond motifs is 1. The molecular formula is C12H9BrN2O. The summed E-state index contributed by atoms with van der Waals surface area (Å²) in [7, 11) is 0. The third-order valence-electron chi connectivity index (χ3n) is 2.70. The molecule has 1 aliphatic rings. The molecule has 0 atom stereocenters. The zero-order chi connectivity index (χ0) is 11.1. The molecule has 3 rings (SSSR count). The molecule has 3 nitrogen and oxygen atoms in total. The number of carbonyl (C=O) groups is 1. The molecule has 0 amide bonds. The van der Waals surface area contributed by atoms with Crippen molar-refractivity contribution in [3.63, 3.8) is 0 Å². The topological polar surface area (TPSA) is 42.9 Å². The Bertz CT molecular complexity index is 578. The van der Waals surface area contributed by atoms with Crippen LogP contribution in [-0.4, -0.2) is 15.8 Å². The number of Topliss-reactive ketones (excluding diaryl/α,β-unsaturated/α-hetero) is 1. The Kier molecular flexibility index (Phi) is 2.24. The number of nitrogens with zero attached hydrogens (tertiary/aromatic N) is 2. The molecule has 1 aliphatic carbocycles. The van der Waals surface area contributed by atoms with Crippen LogP contribution < -0.4 is 0 Å². The van der Waals surface area contributed by atoms with Crippen molar-refractivity contribution in [2.45, 2.75) is 12.8 Å². The van der Waals surface area contributed by atoms with E-state index in [-0.39, 0.29) is 11.7 Å². The molecule has 0 N–H and O–H groups in total. The first kappa shape index (κ1) is 9.90. The summed E-state index contributed by atoms with van der Waals surface area (Å²) in [5.74, 6) is 0.327. The summed E-state index contributed by atoms with van der Waals surface area (Å²) in [5, 5.41) is 0. The Balaban J connectivity index is 2.10. The maximum atomic E-state index is 11.8. The van der Waals surface area contributed by atoms with Crippen molar-refractivity contribution in [1.29, 1.82) is 0 Å². The van der Waals surface area contributed by atoms with E-state index in [0.717, 1.165) is 28.3 Å². The number of carbonyl (C=O) groups excluding carboxylic acids is 1. The van der Waals surface area contributed by atoms with Crippen molar-refractivity contribution < 1.29 is 4.79 Å². The summed E-state index contributed by atoms with van der Waals surface area (Å²) < 4.78 is 0.949. The van der Waals surface area contributed by atoms with Gasteiger partial charge in [-0.25, -0.2) is 4.98 Å². The summed E-state index contributed by atoms with van der Waals surface area (Å²) in [6.07, 6.45) is 3.57. The SMILES string of the molecule is O=C(c1cnc2ccc(Br)cc2n1)C1CC1. The van der Waals surface area contributed by atoms with Crippen LogP contribution in [0.3, 0.4) is 0 Å². The number of rotatable bonds is 2. The van der Waals surface area contributed by atoms with Crippen molar-refractivity contribution in [3.8, 4) is 0 Å². The molecule has 4 heteroatoms. The van der Waals surface area contributed by atoms with Gasteiger partial charge in [0.2, 0.25) is 0 Å². The highest BCUT2D eigenvalue weighted by Gasteiger charge is 2.31. The minimum absolute atomic E-state index is 0.134. The summed E-state index contributed by atoms with van der Waals surface area (Å²) in [4.78, 5) is 20.4. The van der Waals surface area contributed by atoms with Gasteiger partial charge in [0, 0.05) is 10.4 Å². The van der Waals surface area contributed by atoms with Crippen molar-refractivity contribution in [3.05, 3.63) is 34.6 Å². The fraction of sp³-hybridized carbons (Fsp3) is 0.250. The van der Waals surface area contributed by atoms with E-state index >= 15 is 0 Å². The van der Waals surface area contributed by atoms with Crippen molar-refractivity contribution in [2.75, 3.05) is 0 Å². The molecule has 1 saturated carbocycles. The van der Waals surface area contributed by atoms with E-state index in [9.17, 15) is 4.79 Å². The maximum absolute atomic E-state index is 11.8. The Morgan fingerprint density at radius 2 is 2.12 bits per heavy atom. The summed E-state index contributed by atoms with van der Waals surface area (Å²) in [5.41, 5.74) is 2.07. The summed E-state index contributed by atoms with van der Waals surface area (Å²) >= 11 is 3.38. The van der Waals surface area contributed by atoms with Crippen LogP contribution in [0.4, 0.5) is 0 Å². The molecule has 0 saturated heterocycles. The highest BCUT2D eigenvalue weighted by atomic mass is 79.9. The molecule has 0 radical (unpaired) electrons. The molecule has 80 valence electrons. The minimum atomic E-state index is 0.134. The molecule has 1 fully saturated rings. The van der Waals surface area contributed by atoms with Crippen LogP contribution in [0.2, 0.25) is 0 Å². The van der Waals surface area contributed by atoms with Crippen LogP contribution in [0.25, 0.3) is 11.0 Å². The van der Waals surface area contributed by atoms with Gasteiger partial charge in [-0.3, -0.25) is 9.78 Å². The van der Waals surface area contributed by atoms with Crippen molar-refractivity contribution in [1.82, 2.24) is 9.97 Å². The maximum Gasteiger partial charge on any atom is 0.185 e. The molecule has 1 aromatic carbocycles. The predicted molar refractivity (Wildman–Crippen MR) is 64.3 cm³/mol. The second kappa shape index (κ2) is 3.63. The average Bonchev–Trinajstić information content (AvgIpc) is 3.11. The standard InChI is InChI=1S/C12H9BrN2O/c13-8-3-4-9-10(5-8)15-11(6-14-9)12(16)7-1-2-7/h3-7H,1-2H2. The van der Waals surface area contributed by atoms with Gasteiger partial charge in [-0.2, -0.15) is 0 Å². The predicted octanol–water partition coefficient (Wildman–Crippen LogP) is 2.99. The number of aromatic nitrogens is 2. The molecular weight excluding hydrogens is 268 g/mol. The van der Waals surface area contributed by atoms with Crippen LogP contribution in [0.15, 0.2) is 28.9 Å². The summed E-state index contributed by atoms with van der Waals surface area (Å²) in [6, 6.07) is 5.68. The monoisotopic (exact) mass is 276 g/mol. The average molecular weight is 277 g/mol.